The van der Waals surface area contributed by atoms with Crippen LogP contribution >= 0.6 is 0 Å². The van der Waals surface area contributed by atoms with Gasteiger partial charge in [-0.2, -0.15) is 18.3 Å². The maximum absolute atomic E-state index is 14.2. The molecule has 1 aliphatic rings. The number of aliphatic hydroxyl groups excluding tert-OH is 1. The molecule has 1 aromatic heterocycles. The van der Waals surface area contributed by atoms with Gasteiger partial charge in [0.2, 0.25) is 0 Å². The number of nitrogens with one attached hydrogen (secondary N) is 1. The Bertz CT molecular complexity index is 1550. The molecule has 9 nitrogen and oxygen atoms in total. The molecular formula is C28H25F4N5O4. The topological polar surface area (TPSA) is 102 Å². The molecule has 41 heavy (non-hydrogen) atoms. The Kier molecular flexibility index (Phi) is 7.79. The fourth-order valence-corrected chi connectivity index (χ4v) is 4.67. The number of rotatable bonds is 9. The second-order valence-corrected chi connectivity index (χ2v) is 9.17. The first kappa shape index (κ1) is 27.9. The zero-order chi connectivity index (χ0) is 29.1. The predicted octanol–water partition coefficient (Wildman–Crippen LogP) is 4.55. The van der Waals surface area contributed by atoms with Crippen LogP contribution in [0.3, 0.4) is 0 Å². The number of ether oxygens (including phenoxy) is 2. The van der Waals surface area contributed by atoms with Gasteiger partial charge >= 0.3 is 6.18 Å². The van der Waals surface area contributed by atoms with Gasteiger partial charge in [-0.25, -0.2) is 14.1 Å². The number of nitrogens with zero attached hydrogens (tertiary/aromatic N) is 4. The molecule has 1 unspecified atom stereocenters. The van der Waals surface area contributed by atoms with E-state index in [2.05, 4.69) is 15.4 Å². The second-order valence-electron chi connectivity index (χ2n) is 9.17. The number of aromatic nitrogens is 3. The molecule has 13 heteroatoms. The average molecular weight is 572 g/mol. The summed E-state index contributed by atoms with van der Waals surface area (Å²) in [7, 11) is 1.47. The number of aliphatic hydroxyl groups is 1. The standard InChI is InChI=1S/C28H25F4N5O4/c1-40-22-13-20(12-21(14-22)37-16-33-15-34-37)35-26(23-5-4-19(29)11-25(23)41-9-8-38)27(39)36-7-6-17-2-3-18(10-24(17)36)28(30,31)32/h2-5,10-16,26,35,38H,6-9H2,1H3. The molecule has 3 aromatic carbocycles. The van der Waals surface area contributed by atoms with Gasteiger partial charge in [-0.3, -0.25) is 4.79 Å². The SMILES string of the molecule is COc1cc(NC(C(=O)N2CCc3ccc(C(F)(F)F)cc32)c2ccc(F)cc2OCCO)cc(-n2cncn2)c1. The first-order valence-electron chi connectivity index (χ1n) is 12.5. The molecule has 214 valence electrons. The van der Waals surface area contributed by atoms with Crippen molar-refractivity contribution in [1.82, 2.24) is 14.8 Å². The summed E-state index contributed by atoms with van der Waals surface area (Å²) in [6.07, 6.45) is -1.41. The van der Waals surface area contributed by atoms with Gasteiger partial charge in [-0.05, 0) is 42.3 Å². The van der Waals surface area contributed by atoms with Gasteiger partial charge in [0.25, 0.3) is 5.91 Å². The monoisotopic (exact) mass is 571 g/mol. The van der Waals surface area contributed by atoms with Crippen LogP contribution in [-0.4, -0.2) is 52.6 Å². The lowest BCUT2D eigenvalue weighted by Gasteiger charge is -2.28. The van der Waals surface area contributed by atoms with Crippen LogP contribution in [0.2, 0.25) is 0 Å². The Balaban J connectivity index is 1.59. The molecule has 1 aliphatic heterocycles. The van der Waals surface area contributed by atoms with Gasteiger partial charge < -0.3 is 24.8 Å². The van der Waals surface area contributed by atoms with Gasteiger partial charge in [0.05, 0.1) is 25.0 Å². The van der Waals surface area contributed by atoms with Crippen molar-refractivity contribution in [3.05, 3.63) is 89.8 Å². The van der Waals surface area contributed by atoms with E-state index in [0.717, 1.165) is 24.3 Å². The maximum atomic E-state index is 14.2. The molecule has 1 amide bonds. The molecule has 0 spiro atoms. The summed E-state index contributed by atoms with van der Waals surface area (Å²) in [6, 6.07) is 10.7. The third-order valence-corrected chi connectivity index (χ3v) is 6.58. The highest BCUT2D eigenvalue weighted by molar-refractivity contribution is 6.01. The second kappa shape index (κ2) is 11.5. The minimum Gasteiger partial charge on any atom is -0.497 e. The number of hydrogen-bond acceptors (Lipinski definition) is 7. The molecule has 0 bridgehead atoms. The van der Waals surface area contributed by atoms with Crippen molar-refractivity contribution in [2.24, 2.45) is 0 Å². The Labute approximate surface area is 231 Å². The highest BCUT2D eigenvalue weighted by Crippen LogP contribution is 2.39. The van der Waals surface area contributed by atoms with Crippen molar-refractivity contribution in [3.8, 4) is 17.2 Å². The lowest BCUT2D eigenvalue weighted by Crippen LogP contribution is -2.37. The number of carbonyl (C=O) groups excluding carboxylic acids is 1. The number of benzene rings is 3. The molecule has 2 N–H and O–H groups in total. The molecule has 4 aromatic rings. The normalized spacial score (nSPS) is 13.6. The van der Waals surface area contributed by atoms with E-state index in [1.165, 1.54) is 41.5 Å². The van der Waals surface area contributed by atoms with Gasteiger partial charge in [0.15, 0.2) is 0 Å². The van der Waals surface area contributed by atoms with Gasteiger partial charge in [0.1, 0.15) is 42.6 Å². The van der Waals surface area contributed by atoms with E-state index >= 15 is 0 Å². The van der Waals surface area contributed by atoms with Crippen molar-refractivity contribution in [2.45, 2.75) is 18.6 Å². The molecule has 5 rings (SSSR count). The van der Waals surface area contributed by atoms with Gasteiger partial charge in [0, 0.05) is 41.7 Å². The number of methoxy groups -OCH3 is 1. The predicted molar refractivity (Wildman–Crippen MR) is 141 cm³/mol. The Morgan fingerprint density at radius 2 is 1.98 bits per heavy atom. The van der Waals surface area contributed by atoms with Crippen LogP contribution in [0.5, 0.6) is 11.5 Å². The molecule has 0 fully saturated rings. The zero-order valence-corrected chi connectivity index (χ0v) is 21.7. The number of amides is 1. The van der Waals surface area contributed by atoms with Gasteiger partial charge in [-0.1, -0.05) is 6.07 Å². The smallest absolute Gasteiger partial charge is 0.416 e. The van der Waals surface area contributed by atoms with E-state index in [4.69, 9.17) is 9.47 Å². The van der Waals surface area contributed by atoms with Crippen molar-refractivity contribution < 1.29 is 36.9 Å². The third kappa shape index (κ3) is 5.94. The van der Waals surface area contributed by atoms with Crippen LogP contribution in [0.15, 0.2) is 67.3 Å². The number of hydrogen-bond donors (Lipinski definition) is 2. The first-order valence-corrected chi connectivity index (χ1v) is 12.5. The van der Waals surface area contributed by atoms with E-state index in [-0.39, 0.29) is 36.8 Å². The van der Waals surface area contributed by atoms with Crippen molar-refractivity contribution in [2.75, 3.05) is 37.1 Å². The molecule has 0 radical (unpaired) electrons. The average Bonchev–Trinajstić information content (AvgIpc) is 3.64. The molecule has 1 atom stereocenters. The van der Waals surface area contributed by atoms with Crippen LogP contribution in [0.4, 0.5) is 28.9 Å². The Morgan fingerprint density at radius 1 is 1.15 bits per heavy atom. The lowest BCUT2D eigenvalue weighted by atomic mass is 10.0. The summed E-state index contributed by atoms with van der Waals surface area (Å²) in [6.45, 7) is -0.392. The number of anilines is 2. The number of carbonyl (C=O) groups is 1. The fourth-order valence-electron chi connectivity index (χ4n) is 4.67. The van der Waals surface area contributed by atoms with Crippen LogP contribution in [0.1, 0.15) is 22.7 Å². The van der Waals surface area contributed by atoms with Crippen LogP contribution in [0, 0.1) is 5.82 Å². The van der Waals surface area contributed by atoms with E-state index < -0.39 is 29.5 Å². The maximum Gasteiger partial charge on any atom is 0.416 e. The van der Waals surface area contributed by atoms with Crippen LogP contribution < -0.4 is 19.7 Å². The highest BCUT2D eigenvalue weighted by atomic mass is 19.4. The molecular weight excluding hydrogens is 546 g/mol. The first-order chi connectivity index (χ1) is 19.7. The third-order valence-electron chi connectivity index (χ3n) is 6.58. The summed E-state index contributed by atoms with van der Waals surface area (Å²) in [4.78, 5) is 19.4. The number of alkyl halides is 3. The number of halogens is 4. The summed E-state index contributed by atoms with van der Waals surface area (Å²) in [5.41, 5.74) is 1.03. The fraction of sp³-hybridized carbons (Fsp3) is 0.250. The highest BCUT2D eigenvalue weighted by Gasteiger charge is 2.36. The van der Waals surface area contributed by atoms with E-state index in [1.807, 2.05) is 0 Å². The zero-order valence-electron chi connectivity index (χ0n) is 21.7. The Hall–Kier alpha value is -4.65. The van der Waals surface area contributed by atoms with E-state index in [0.29, 0.717) is 29.1 Å². The summed E-state index contributed by atoms with van der Waals surface area (Å²) in [5.74, 6) is -0.811. The molecule has 2 heterocycles. The largest absolute Gasteiger partial charge is 0.497 e. The van der Waals surface area contributed by atoms with Crippen LogP contribution in [0.25, 0.3) is 5.69 Å². The van der Waals surface area contributed by atoms with Crippen molar-refractivity contribution >= 4 is 17.3 Å². The van der Waals surface area contributed by atoms with Gasteiger partial charge in [-0.15, -0.1) is 0 Å². The lowest BCUT2D eigenvalue weighted by molar-refractivity contribution is -0.137. The van der Waals surface area contributed by atoms with Crippen molar-refractivity contribution in [3.63, 3.8) is 0 Å². The Morgan fingerprint density at radius 3 is 2.68 bits per heavy atom. The summed E-state index contributed by atoms with van der Waals surface area (Å²) in [5, 5.41) is 16.6. The van der Waals surface area contributed by atoms with E-state index in [9.17, 15) is 27.5 Å². The minimum absolute atomic E-state index is 0.00671. The minimum atomic E-state index is -4.59. The molecule has 0 saturated carbocycles. The van der Waals surface area contributed by atoms with E-state index in [1.54, 1.807) is 18.2 Å². The summed E-state index contributed by atoms with van der Waals surface area (Å²) >= 11 is 0. The van der Waals surface area contributed by atoms with Crippen LogP contribution in [-0.2, 0) is 17.4 Å². The number of fused-ring (bicyclic) bond motifs is 1. The molecule has 0 aliphatic carbocycles. The van der Waals surface area contributed by atoms with Crippen molar-refractivity contribution in [1.29, 1.82) is 0 Å². The quantitative estimate of drug-likeness (QED) is 0.285. The summed E-state index contributed by atoms with van der Waals surface area (Å²) < 4.78 is 67.3. The molecule has 0 saturated heterocycles.